The molecule has 3 heterocycles. The van der Waals surface area contributed by atoms with E-state index in [1.807, 2.05) is 0 Å². The Hall–Kier alpha value is -1.72. The van der Waals surface area contributed by atoms with Gasteiger partial charge in [-0.3, -0.25) is 9.36 Å². The third-order valence-electron chi connectivity index (χ3n) is 3.50. The molecule has 1 fully saturated rings. The number of aromatic nitrogens is 3. The molecule has 0 spiro atoms. The molecule has 2 aromatic heterocycles. The number of pyridine rings is 1. The van der Waals surface area contributed by atoms with Gasteiger partial charge in [0.15, 0.2) is 17.6 Å². The highest BCUT2D eigenvalue weighted by Crippen LogP contribution is 2.29. The van der Waals surface area contributed by atoms with Crippen LogP contribution in [0.25, 0.3) is 11.0 Å². The average Bonchev–Trinajstić information content (AvgIpc) is 2.74. The fourth-order valence-electron chi connectivity index (χ4n) is 2.38. The number of fused-ring (bicyclic) bond motifs is 1. The van der Waals surface area contributed by atoms with Gasteiger partial charge in [-0.25, -0.2) is 4.98 Å². The quantitative estimate of drug-likeness (QED) is 0.421. The van der Waals surface area contributed by atoms with E-state index in [4.69, 9.17) is 22.1 Å². The Kier molecular flexibility index (Phi) is 3.78. The molecule has 0 amide bonds. The van der Waals surface area contributed by atoms with E-state index < -0.39 is 42.5 Å². The second kappa shape index (κ2) is 5.48. The monoisotopic (exact) mass is 329 g/mol. The SMILES string of the molecule is O=c1cc(F)[nH]c2nc(=S)n([C@@H]3O[C@H](CO)C(O)[C@@H]3O)cc12. The van der Waals surface area contributed by atoms with Gasteiger partial charge in [-0.05, 0) is 12.2 Å². The van der Waals surface area contributed by atoms with Crippen molar-refractivity contribution in [1.29, 1.82) is 0 Å². The first-order valence-corrected chi connectivity index (χ1v) is 6.77. The van der Waals surface area contributed by atoms with Crippen LogP contribution in [0.2, 0.25) is 0 Å². The van der Waals surface area contributed by atoms with Crippen LogP contribution in [0.5, 0.6) is 0 Å². The number of H-pyrrole nitrogens is 1. The molecule has 10 heteroatoms. The van der Waals surface area contributed by atoms with Gasteiger partial charge in [-0.2, -0.15) is 4.39 Å². The van der Waals surface area contributed by atoms with Crippen LogP contribution < -0.4 is 5.43 Å². The molecule has 0 radical (unpaired) electrons. The van der Waals surface area contributed by atoms with Gasteiger partial charge in [-0.15, -0.1) is 0 Å². The summed E-state index contributed by atoms with van der Waals surface area (Å²) in [4.78, 5) is 18.0. The van der Waals surface area contributed by atoms with E-state index in [2.05, 4.69) is 9.97 Å². The van der Waals surface area contributed by atoms with Crippen molar-refractivity contribution >= 4 is 23.3 Å². The summed E-state index contributed by atoms with van der Waals surface area (Å²) in [5, 5.41) is 28.9. The molecule has 1 unspecified atom stereocenters. The van der Waals surface area contributed by atoms with Gasteiger partial charge >= 0.3 is 0 Å². The zero-order valence-electron chi connectivity index (χ0n) is 11.0. The molecule has 4 N–H and O–H groups in total. The van der Waals surface area contributed by atoms with Gasteiger partial charge in [0, 0.05) is 12.3 Å². The van der Waals surface area contributed by atoms with E-state index >= 15 is 0 Å². The number of hydrogen-bond acceptors (Lipinski definition) is 7. The zero-order valence-corrected chi connectivity index (χ0v) is 11.8. The topological polar surface area (TPSA) is 121 Å². The summed E-state index contributed by atoms with van der Waals surface area (Å²) >= 11 is 5.04. The Morgan fingerprint density at radius 2 is 2.18 bits per heavy atom. The van der Waals surface area contributed by atoms with E-state index in [0.29, 0.717) is 0 Å². The standard InChI is InChI=1S/C12H12FN3O5S/c13-7-1-5(18)4-2-16(12(22)15-10(4)14-7)11-9(20)8(19)6(3-17)21-11/h1-2,6,8-9,11,17,19-20H,3H2,(H,14,15,22)/t6-,8?,9+,11-/m1/s1. The summed E-state index contributed by atoms with van der Waals surface area (Å²) in [5.74, 6) is -0.843. The molecule has 0 aliphatic carbocycles. The molecule has 1 saturated heterocycles. The molecular formula is C12H12FN3O5S. The minimum absolute atomic E-state index is 0.0296. The van der Waals surface area contributed by atoms with Gasteiger partial charge in [0.05, 0.1) is 12.0 Å². The first-order valence-electron chi connectivity index (χ1n) is 6.36. The smallest absolute Gasteiger partial charge is 0.203 e. The molecule has 1 aliphatic rings. The predicted octanol–water partition coefficient (Wildman–Crippen LogP) is -0.795. The molecule has 1 aliphatic heterocycles. The largest absolute Gasteiger partial charge is 0.394 e. The number of hydrogen-bond donors (Lipinski definition) is 4. The maximum Gasteiger partial charge on any atom is 0.203 e. The van der Waals surface area contributed by atoms with E-state index in [1.54, 1.807) is 0 Å². The van der Waals surface area contributed by atoms with Crippen LogP contribution in [0, 0.1) is 10.7 Å². The van der Waals surface area contributed by atoms with E-state index in [1.165, 1.54) is 10.8 Å². The maximum atomic E-state index is 13.2. The van der Waals surface area contributed by atoms with Crippen LogP contribution in [0.4, 0.5) is 4.39 Å². The molecule has 0 bridgehead atoms. The van der Waals surface area contributed by atoms with Gasteiger partial charge in [0.25, 0.3) is 0 Å². The molecule has 3 rings (SSSR count). The Bertz CT molecular complexity index is 838. The van der Waals surface area contributed by atoms with Crippen molar-refractivity contribution in [3.05, 3.63) is 33.2 Å². The number of halogens is 1. The van der Waals surface area contributed by atoms with E-state index in [9.17, 15) is 19.4 Å². The molecular weight excluding hydrogens is 317 g/mol. The number of ether oxygens (including phenoxy) is 1. The van der Waals surface area contributed by atoms with Crippen molar-refractivity contribution in [2.75, 3.05) is 6.61 Å². The first-order chi connectivity index (χ1) is 10.4. The molecule has 0 aromatic carbocycles. The summed E-state index contributed by atoms with van der Waals surface area (Å²) in [6.45, 7) is -0.491. The van der Waals surface area contributed by atoms with Crippen molar-refractivity contribution in [1.82, 2.24) is 14.5 Å². The first kappa shape index (κ1) is 15.2. The third kappa shape index (κ3) is 2.34. The number of nitrogens with zero attached hydrogens (tertiary/aromatic N) is 2. The molecule has 22 heavy (non-hydrogen) atoms. The lowest BCUT2D eigenvalue weighted by Crippen LogP contribution is -2.33. The van der Waals surface area contributed by atoms with Gasteiger partial charge in [-0.1, -0.05) is 0 Å². The number of nitrogens with one attached hydrogen (secondary N) is 1. The number of rotatable bonds is 2. The summed E-state index contributed by atoms with van der Waals surface area (Å²) in [6.07, 6.45) is -3.49. The lowest BCUT2D eigenvalue weighted by molar-refractivity contribution is -0.0538. The number of aromatic amines is 1. The minimum Gasteiger partial charge on any atom is -0.394 e. The molecule has 4 atom stereocenters. The molecule has 2 aromatic rings. The van der Waals surface area contributed by atoms with Crippen LogP contribution >= 0.6 is 12.2 Å². The van der Waals surface area contributed by atoms with Gasteiger partial charge in [0.1, 0.15) is 24.0 Å². The highest BCUT2D eigenvalue weighted by Gasteiger charge is 2.43. The maximum absolute atomic E-state index is 13.2. The third-order valence-corrected chi connectivity index (χ3v) is 3.81. The molecule has 8 nitrogen and oxygen atoms in total. The number of aliphatic hydroxyl groups excluding tert-OH is 3. The Morgan fingerprint density at radius 1 is 1.45 bits per heavy atom. The van der Waals surface area contributed by atoms with E-state index in [0.717, 1.165) is 6.07 Å². The Balaban J connectivity index is 2.14. The zero-order chi connectivity index (χ0) is 16.0. The van der Waals surface area contributed by atoms with Crippen molar-refractivity contribution in [2.24, 2.45) is 0 Å². The van der Waals surface area contributed by atoms with Gasteiger partial charge < -0.3 is 25.0 Å². The van der Waals surface area contributed by atoms with Crippen LogP contribution in [-0.4, -0.2) is 54.8 Å². The summed E-state index contributed by atoms with van der Waals surface area (Å²) in [6, 6.07) is 0.759. The molecule has 0 saturated carbocycles. The fourth-order valence-corrected chi connectivity index (χ4v) is 2.63. The highest BCUT2D eigenvalue weighted by atomic mass is 32.1. The molecule has 118 valence electrons. The summed E-state index contributed by atoms with van der Waals surface area (Å²) in [5.41, 5.74) is -0.646. The lowest BCUT2D eigenvalue weighted by atomic mass is 10.1. The highest BCUT2D eigenvalue weighted by molar-refractivity contribution is 7.71. The Morgan fingerprint density at radius 3 is 2.82 bits per heavy atom. The normalized spacial score (nSPS) is 28.4. The average molecular weight is 329 g/mol. The predicted molar refractivity (Wildman–Crippen MR) is 74.2 cm³/mol. The summed E-state index contributed by atoms with van der Waals surface area (Å²) in [7, 11) is 0. The Labute approximate surface area is 127 Å². The minimum atomic E-state index is -1.36. The van der Waals surface area contributed by atoms with Crippen LogP contribution in [0.15, 0.2) is 17.1 Å². The van der Waals surface area contributed by atoms with Gasteiger partial charge in [0.2, 0.25) is 4.77 Å². The van der Waals surface area contributed by atoms with Crippen molar-refractivity contribution in [3.8, 4) is 0 Å². The van der Waals surface area contributed by atoms with Crippen molar-refractivity contribution in [3.63, 3.8) is 0 Å². The lowest BCUT2D eigenvalue weighted by Gasteiger charge is -2.18. The number of aliphatic hydroxyl groups is 3. The van der Waals surface area contributed by atoms with Crippen molar-refractivity contribution in [2.45, 2.75) is 24.5 Å². The second-order valence-corrected chi connectivity index (χ2v) is 5.27. The second-order valence-electron chi connectivity index (χ2n) is 4.90. The summed E-state index contributed by atoms with van der Waals surface area (Å²) < 4.78 is 19.6. The fraction of sp³-hybridized carbons (Fsp3) is 0.417. The van der Waals surface area contributed by atoms with E-state index in [-0.39, 0.29) is 15.8 Å². The van der Waals surface area contributed by atoms with Crippen LogP contribution in [-0.2, 0) is 4.74 Å². The van der Waals surface area contributed by atoms with Crippen LogP contribution in [0.3, 0.4) is 0 Å². The van der Waals surface area contributed by atoms with Crippen molar-refractivity contribution < 1.29 is 24.4 Å². The van der Waals surface area contributed by atoms with Crippen LogP contribution in [0.1, 0.15) is 6.23 Å².